The lowest BCUT2D eigenvalue weighted by atomic mass is 9.73. The molecule has 2 aliphatic rings. The highest BCUT2D eigenvalue weighted by Crippen LogP contribution is 2.37. The number of nitrogens with two attached hydrogens (primary N) is 1. The molecule has 1 aromatic heterocycles. The van der Waals surface area contributed by atoms with E-state index in [0.29, 0.717) is 42.3 Å². The van der Waals surface area contributed by atoms with E-state index < -0.39 is 5.41 Å². The quantitative estimate of drug-likeness (QED) is 0.843. The maximum absolute atomic E-state index is 13.0. The molecule has 2 heterocycles. The van der Waals surface area contributed by atoms with Gasteiger partial charge in [0, 0.05) is 30.4 Å². The minimum atomic E-state index is -0.475. The summed E-state index contributed by atoms with van der Waals surface area (Å²) in [5, 5.41) is 3.92. The molecule has 1 aromatic carbocycles. The van der Waals surface area contributed by atoms with Crippen LogP contribution < -0.4 is 16.0 Å². The predicted molar refractivity (Wildman–Crippen MR) is 102 cm³/mol. The van der Waals surface area contributed by atoms with E-state index in [2.05, 4.69) is 15.3 Å². The Balaban J connectivity index is 1.52. The number of aromatic nitrogens is 2. The van der Waals surface area contributed by atoms with Crippen molar-refractivity contribution in [3.8, 4) is 0 Å². The molecule has 7 heteroatoms. The summed E-state index contributed by atoms with van der Waals surface area (Å²) in [7, 11) is 0. The summed E-state index contributed by atoms with van der Waals surface area (Å²) in [5.74, 6) is 1.13. The summed E-state index contributed by atoms with van der Waals surface area (Å²) in [5.41, 5.74) is 6.39. The van der Waals surface area contributed by atoms with Crippen LogP contribution in [0.3, 0.4) is 0 Å². The van der Waals surface area contributed by atoms with Crippen LogP contribution in [0.25, 0.3) is 0 Å². The van der Waals surface area contributed by atoms with Crippen molar-refractivity contribution in [1.82, 2.24) is 15.3 Å². The number of hydrogen-bond donors (Lipinski definition) is 2. The number of rotatable bonds is 5. The predicted octanol–water partition coefficient (Wildman–Crippen LogP) is 2.43. The fourth-order valence-electron chi connectivity index (χ4n) is 3.56. The van der Waals surface area contributed by atoms with Crippen LogP contribution in [0, 0.1) is 5.41 Å². The van der Waals surface area contributed by atoms with Crippen molar-refractivity contribution in [2.24, 2.45) is 5.41 Å². The minimum Gasteiger partial charge on any atom is -0.384 e. The Morgan fingerprint density at radius 1 is 1.27 bits per heavy atom. The number of carbonyl (C=O) groups is 1. The smallest absolute Gasteiger partial charge is 0.230 e. The molecule has 136 valence electrons. The van der Waals surface area contributed by atoms with Crippen molar-refractivity contribution in [2.75, 3.05) is 23.7 Å². The van der Waals surface area contributed by atoms with Crippen LogP contribution in [-0.4, -0.2) is 35.0 Å². The van der Waals surface area contributed by atoms with Gasteiger partial charge < -0.3 is 16.0 Å². The topological polar surface area (TPSA) is 84.1 Å². The molecule has 0 spiro atoms. The number of nitrogens with zero attached hydrogens (tertiary/aromatic N) is 3. The van der Waals surface area contributed by atoms with Crippen molar-refractivity contribution in [2.45, 2.75) is 31.7 Å². The normalized spacial score (nSPS) is 18.7. The van der Waals surface area contributed by atoms with Crippen molar-refractivity contribution >= 4 is 29.3 Å². The zero-order valence-electron chi connectivity index (χ0n) is 14.5. The Morgan fingerprint density at radius 2 is 2.00 bits per heavy atom. The Morgan fingerprint density at radius 3 is 2.62 bits per heavy atom. The highest BCUT2D eigenvalue weighted by atomic mass is 35.5. The van der Waals surface area contributed by atoms with Gasteiger partial charge in [0.05, 0.1) is 5.41 Å². The molecule has 1 saturated heterocycles. The Hall–Kier alpha value is -2.34. The largest absolute Gasteiger partial charge is 0.384 e. The van der Waals surface area contributed by atoms with Gasteiger partial charge in [0.1, 0.15) is 5.82 Å². The number of anilines is 2. The molecule has 0 unspecified atom stereocenters. The zero-order valence-corrected chi connectivity index (χ0v) is 15.2. The number of halogens is 1. The maximum Gasteiger partial charge on any atom is 0.230 e. The standard InChI is InChI=1S/C19H22ClN5O/c20-14-6-4-13(5-7-14)10-19(17(26)23-15-2-1-3-15)11-25(12-19)18-22-9-8-16(21)24-18/h4-9,15H,1-3,10-12H2,(H,23,26)(H2,21,22,24). The maximum atomic E-state index is 13.0. The summed E-state index contributed by atoms with van der Waals surface area (Å²) in [6, 6.07) is 9.69. The van der Waals surface area contributed by atoms with Crippen LogP contribution in [0.5, 0.6) is 0 Å². The first-order chi connectivity index (χ1) is 12.5. The van der Waals surface area contributed by atoms with E-state index in [0.717, 1.165) is 18.4 Å². The van der Waals surface area contributed by atoms with E-state index in [4.69, 9.17) is 17.3 Å². The molecule has 6 nitrogen and oxygen atoms in total. The van der Waals surface area contributed by atoms with Crippen LogP contribution >= 0.6 is 11.6 Å². The first-order valence-electron chi connectivity index (χ1n) is 8.93. The molecule has 1 saturated carbocycles. The lowest BCUT2D eigenvalue weighted by Gasteiger charge is -2.49. The van der Waals surface area contributed by atoms with Gasteiger partial charge in [-0.1, -0.05) is 23.7 Å². The van der Waals surface area contributed by atoms with Crippen molar-refractivity contribution in [1.29, 1.82) is 0 Å². The van der Waals surface area contributed by atoms with Gasteiger partial charge in [0.25, 0.3) is 0 Å². The van der Waals surface area contributed by atoms with Gasteiger partial charge in [-0.25, -0.2) is 4.98 Å². The van der Waals surface area contributed by atoms with Gasteiger partial charge in [-0.05, 0) is 49.4 Å². The molecule has 1 aliphatic heterocycles. The summed E-state index contributed by atoms with van der Waals surface area (Å²) in [6.07, 6.45) is 5.65. The number of nitrogens with one attached hydrogen (secondary N) is 1. The van der Waals surface area contributed by atoms with Gasteiger partial charge in [0.15, 0.2) is 0 Å². The van der Waals surface area contributed by atoms with E-state index >= 15 is 0 Å². The number of hydrogen-bond acceptors (Lipinski definition) is 5. The lowest BCUT2D eigenvalue weighted by Crippen LogP contribution is -2.66. The van der Waals surface area contributed by atoms with Gasteiger partial charge >= 0.3 is 0 Å². The highest BCUT2D eigenvalue weighted by Gasteiger charge is 2.50. The second-order valence-electron chi connectivity index (χ2n) is 7.32. The summed E-state index contributed by atoms with van der Waals surface area (Å²) >= 11 is 5.99. The Bertz CT molecular complexity index is 800. The third kappa shape index (κ3) is 3.33. The fraction of sp³-hybridized carbons (Fsp3) is 0.421. The Kier molecular flexibility index (Phi) is 4.44. The molecule has 0 atom stereocenters. The molecular weight excluding hydrogens is 350 g/mol. The van der Waals surface area contributed by atoms with E-state index in [9.17, 15) is 4.79 Å². The second-order valence-corrected chi connectivity index (χ2v) is 7.76. The van der Waals surface area contributed by atoms with Crippen molar-refractivity contribution in [3.05, 3.63) is 47.1 Å². The van der Waals surface area contributed by atoms with Crippen LogP contribution in [0.4, 0.5) is 11.8 Å². The highest BCUT2D eigenvalue weighted by molar-refractivity contribution is 6.30. The van der Waals surface area contributed by atoms with Gasteiger partial charge in [-0.15, -0.1) is 0 Å². The van der Waals surface area contributed by atoms with Crippen molar-refractivity contribution < 1.29 is 4.79 Å². The molecule has 3 N–H and O–H groups in total. The Labute approximate surface area is 157 Å². The molecule has 2 fully saturated rings. The average Bonchev–Trinajstić information content (AvgIpc) is 2.55. The van der Waals surface area contributed by atoms with Gasteiger partial charge in [-0.3, -0.25) is 4.79 Å². The third-order valence-corrected chi connectivity index (χ3v) is 5.56. The number of amides is 1. The monoisotopic (exact) mass is 371 g/mol. The summed E-state index contributed by atoms with van der Waals surface area (Å²) in [6.45, 7) is 1.16. The number of carbonyl (C=O) groups excluding carboxylic acids is 1. The third-order valence-electron chi connectivity index (χ3n) is 5.31. The van der Waals surface area contributed by atoms with Crippen LogP contribution in [0.15, 0.2) is 36.5 Å². The van der Waals surface area contributed by atoms with E-state index in [-0.39, 0.29) is 5.91 Å². The second kappa shape index (κ2) is 6.76. The molecule has 26 heavy (non-hydrogen) atoms. The van der Waals surface area contributed by atoms with Gasteiger partial charge in [-0.2, -0.15) is 4.98 Å². The summed E-state index contributed by atoms with van der Waals surface area (Å²) in [4.78, 5) is 23.6. The molecule has 0 radical (unpaired) electrons. The number of nitrogen functional groups attached to an aromatic ring is 1. The zero-order chi connectivity index (χ0) is 18.1. The lowest BCUT2D eigenvalue weighted by molar-refractivity contribution is -0.134. The molecule has 2 aromatic rings. The van der Waals surface area contributed by atoms with Crippen molar-refractivity contribution in [3.63, 3.8) is 0 Å². The van der Waals surface area contributed by atoms with Gasteiger partial charge in [0.2, 0.25) is 11.9 Å². The molecule has 4 rings (SSSR count). The minimum absolute atomic E-state index is 0.123. The molecular formula is C19H22ClN5O. The molecule has 1 amide bonds. The SMILES string of the molecule is Nc1ccnc(N2CC(Cc3ccc(Cl)cc3)(C(=O)NC3CCC3)C2)n1. The summed E-state index contributed by atoms with van der Waals surface area (Å²) < 4.78 is 0. The van der Waals surface area contributed by atoms with E-state index in [1.165, 1.54) is 6.42 Å². The average molecular weight is 372 g/mol. The first-order valence-corrected chi connectivity index (χ1v) is 9.31. The van der Waals surface area contributed by atoms with Crippen LogP contribution in [0.2, 0.25) is 5.02 Å². The first kappa shape index (κ1) is 17.1. The molecule has 1 aliphatic carbocycles. The van der Waals surface area contributed by atoms with E-state index in [1.807, 2.05) is 29.2 Å². The van der Waals surface area contributed by atoms with E-state index in [1.54, 1.807) is 12.3 Å². The van der Waals surface area contributed by atoms with Crippen LogP contribution in [-0.2, 0) is 11.2 Å². The fourth-order valence-corrected chi connectivity index (χ4v) is 3.69. The number of benzene rings is 1. The molecule has 0 bridgehead atoms. The van der Waals surface area contributed by atoms with Crippen LogP contribution in [0.1, 0.15) is 24.8 Å².